The van der Waals surface area contributed by atoms with Gasteiger partial charge >= 0.3 is 5.97 Å². The molecule has 3 saturated carbocycles. The lowest BCUT2D eigenvalue weighted by Gasteiger charge is -2.47. The first-order valence-corrected chi connectivity index (χ1v) is 7.59. The Balaban J connectivity index is 1.75. The van der Waals surface area contributed by atoms with Gasteiger partial charge in [0.1, 0.15) is 0 Å². The fourth-order valence-corrected chi connectivity index (χ4v) is 5.08. The second-order valence-corrected chi connectivity index (χ2v) is 6.57. The topological polar surface area (TPSA) is 52.3 Å². The van der Waals surface area contributed by atoms with E-state index in [0.717, 1.165) is 31.1 Å². The van der Waals surface area contributed by atoms with Crippen LogP contribution in [0.25, 0.3) is 0 Å². The molecule has 3 heteroatoms. The van der Waals surface area contributed by atoms with Crippen LogP contribution in [0.3, 0.4) is 0 Å². The molecule has 0 aromatic rings. The molecule has 2 bridgehead atoms. The van der Waals surface area contributed by atoms with Crippen molar-refractivity contribution < 1.29 is 9.53 Å². The molecule has 0 aromatic carbocycles. The molecular weight excluding hydrogens is 226 g/mol. The minimum absolute atomic E-state index is 0.0200. The van der Waals surface area contributed by atoms with E-state index >= 15 is 0 Å². The first kappa shape index (κ1) is 12.5. The van der Waals surface area contributed by atoms with Crippen molar-refractivity contribution in [3.8, 4) is 0 Å². The Morgan fingerprint density at radius 1 is 1.39 bits per heavy atom. The lowest BCUT2D eigenvalue weighted by atomic mass is 9.59. The van der Waals surface area contributed by atoms with Gasteiger partial charge in [-0.25, -0.2) is 0 Å². The van der Waals surface area contributed by atoms with E-state index in [2.05, 4.69) is 0 Å². The summed E-state index contributed by atoms with van der Waals surface area (Å²) in [6.45, 7) is 2.39. The SMILES string of the molecule is CCOC(=O)[C@H]1CCC[C@]2(C1)C1CC[C@H](C1)[C@H]2N. The Bertz CT molecular complexity index is 339. The van der Waals surface area contributed by atoms with Crippen molar-refractivity contribution in [1.29, 1.82) is 0 Å². The third-order valence-corrected chi connectivity index (χ3v) is 5.90. The molecule has 1 unspecified atom stereocenters. The summed E-state index contributed by atoms with van der Waals surface area (Å²) in [5, 5.41) is 0. The molecule has 3 aliphatic rings. The minimum atomic E-state index is 0.0200. The van der Waals surface area contributed by atoms with Crippen LogP contribution in [0.15, 0.2) is 0 Å². The summed E-state index contributed by atoms with van der Waals surface area (Å²) in [6, 6.07) is 0.341. The third kappa shape index (κ3) is 1.70. The minimum Gasteiger partial charge on any atom is -0.466 e. The summed E-state index contributed by atoms with van der Waals surface area (Å²) < 4.78 is 5.22. The maximum Gasteiger partial charge on any atom is 0.308 e. The van der Waals surface area contributed by atoms with Gasteiger partial charge in [0.05, 0.1) is 12.5 Å². The average molecular weight is 251 g/mol. The van der Waals surface area contributed by atoms with Crippen molar-refractivity contribution in [2.45, 2.75) is 57.9 Å². The van der Waals surface area contributed by atoms with Crippen LogP contribution in [0, 0.1) is 23.2 Å². The second-order valence-electron chi connectivity index (χ2n) is 6.57. The zero-order valence-electron chi connectivity index (χ0n) is 11.4. The van der Waals surface area contributed by atoms with Crippen molar-refractivity contribution in [3.05, 3.63) is 0 Å². The number of carbonyl (C=O) groups excluding carboxylic acids is 1. The summed E-state index contributed by atoms with van der Waals surface area (Å²) in [4.78, 5) is 12.0. The largest absolute Gasteiger partial charge is 0.466 e. The van der Waals surface area contributed by atoms with Gasteiger partial charge in [0.2, 0.25) is 0 Å². The number of esters is 1. The number of ether oxygens (including phenoxy) is 1. The molecule has 3 fully saturated rings. The van der Waals surface area contributed by atoms with E-state index < -0.39 is 0 Å². The van der Waals surface area contributed by atoms with Gasteiger partial charge < -0.3 is 10.5 Å². The predicted molar refractivity (Wildman–Crippen MR) is 69.8 cm³/mol. The summed E-state index contributed by atoms with van der Waals surface area (Å²) >= 11 is 0. The van der Waals surface area contributed by atoms with Crippen LogP contribution in [0.4, 0.5) is 0 Å². The second kappa shape index (κ2) is 4.52. The highest BCUT2D eigenvalue weighted by atomic mass is 16.5. The van der Waals surface area contributed by atoms with Gasteiger partial charge in [0.25, 0.3) is 0 Å². The van der Waals surface area contributed by atoms with Crippen molar-refractivity contribution in [3.63, 3.8) is 0 Å². The van der Waals surface area contributed by atoms with Gasteiger partial charge in [-0.2, -0.15) is 0 Å². The standard InChI is InChI=1S/C15H25NO2/c1-2-18-14(17)11-4-3-7-15(9-11)12-6-5-10(8-12)13(15)16/h10-13H,2-9,16H2,1H3/t10-,11+,12?,13-,15+/m1/s1. The predicted octanol–water partition coefficient (Wildman–Crippen LogP) is 2.48. The molecule has 1 spiro atoms. The van der Waals surface area contributed by atoms with Crippen molar-refractivity contribution in [1.82, 2.24) is 0 Å². The van der Waals surface area contributed by atoms with Gasteiger partial charge in [-0.15, -0.1) is 0 Å². The Labute approximate surface area is 109 Å². The number of fused-ring (bicyclic) bond motifs is 3. The van der Waals surface area contributed by atoms with E-state index in [1.807, 2.05) is 6.92 Å². The summed E-state index contributed by atoms with van der Waals surface area (Å²) in [6.07, 6.45) is 8.37. The average Bonchev–Trinajstić information content (AvgIpc) is 2.94. The number of rotatable bonds is 2. The Morgan fingerprint density at radius 3 is 2.89 bits per heavy atom. The quantitative estimate of drug-likeness (QED) is 0.767. The maximum absolute atomic E-state index is 12.0. The Morgan fingerprint density at radius 2 is 2.22 bits per heavy atom. The van der Waals surface area contributed by atoms with Crippen LogP contribution in [0.2, 0.25) is 0 Å². The van der Waals surface area contributed by atoms with E-state index in [1.54, 1.807) is 0 Å². The fourth-order valence-electron chi connectivity index (χ4n) is 5.08. The molecule has 3 rings (SSSR count). The molecule has 0 aliphatic heterocycles. The van der Waals surface area contributed by atoms with E-state index in [-0.39, 0.29) is 17.3 Å². The van der Waals surface area contributed by atoms with Crippen LogP contribution in [-0.4, -0.2) is 18.6 Å². The normalized spacial score (nSPS) is 46.6. The van der Waals surface area contributed by atoms with E-state index in [4.69, 9.17) is 10.5 Å². The molecule has 18 heavy (non-hydrogen) atoms. The van der Waals surface area contributed by atoms with Crippen molar-refractivity contribution in [2.75, 3.05) is 6.61 Å². The van der Waals surface area contributed by atoms with Crippen LogP contribution < -0.4 is 5.73 Å². The number of hydrogen-bond donors (Lipinski definition) is 1. The van der Waals surface area contributed by atoms with Gasteiger partial charge in [-0.05, 0) is 62.7 Å². The monoisotopic (exact) mass is 251 g/mol. The molecule has 0 aromatic heterocycles. The molecule has 0 heterocycles. The van der Waals surface area contributed by atoms with Crippen LogP contribution in [0.1, 0.15) is 51.9 Å². The summed E-state index contributed by atoms with van der Waals surface area (Å²) in [5.74, 6) is 1.65. The smallest absolute Gasteiger partial charge is 0.308 e. The Hall–Kier alpha value is -0.570. The third-order valence-electron chi connectivity index (χ3n) is 5.90. The molecule has 0 radical (unpaired) electrons. The van der Waals surface area contributed by atoms with Crippen LogP contribution in [-0.2, 0) is 9.53 Å². The molecule has 102 valence electrons. The molecule has 0 saturated heterocycles. The van der Waals surface area contributed by atoms with Gasteiger partial charge in [-0.1, -0.05) is 6.42 Å². The van der Waals surface area contributed by atoms with Crippen LogP contribution in [0.5, 0.6) is 0 Å². The molecule has 3 aliphatic carbocycles. The highest BCUT2D eigenvalue weighted by molar-refractivity contribution is 5.72. The molecular formula is C15H25NO2. The zero-order chi connectivity index (χ0) is 12.8. The number of hydrogen-bond acceptors (Lipinski definition) is 3. The fraction of sp³-hybridized carbons (Fsp3) is 0.933. The molecule has 5 atom stereocenters. The van der Waals surface area contributed by atoms with E-state index in [0.29, 0.717) is 12.6 Å². The van der Waals surface area contributed by atoms with Gasteiger partial charge in [-0.3, -0.25) is 4.79 Å². The maximum atomic E-state index is 12.0. The van der Waals surface area contributed by atoms with Crippen molar-refractivity contribution >= 4 is 5.97 Å². The molecule has 2 N–H and O–H groups in total. The number of nitrogens with two attached hydrogens (primary N) is 1. The molecule has 3 nitrogen and oxygen atoms in total. The first-order valence-electron chi connectivity index (χ1n) is 7.59. The van der Waals surface area contributed by atoms with Crippen LogP contribution >= 0.6 is 0 Å². The Kier molecular flexibility index (Phi) is 3.13. The van der Waals surface area contributed by atoms with Gasteiger partial charge in [0, 0.05) is 6.04 Å². The highest BCUT2D eigenvalue weighted by Crippen LogP contribution is 2.61. The lowest BCUT2D eigenvalue weighted by molar-refractivity contribution is -0.151. The highest BCUT2D eigenvalue weighted by Gasteiger charge is 2.58. The number of carbonyl (C=O) groups is 1. The summed E-state index contributed by atoms with van der Waals surface area (Å²) in [5.41, 5.74) is 6.79. The first-order chi connectivity index (χ1) is 8.67. The molecule has 0 amide bonds. The van der Waals surface area contributed by atoms with E-state index in [1.165, 1.54) is 25.7 Å². The summed E-state index contributed by atoms with van der Waals surface area (Å²) in [7, 11) is 0. The zero-order valence-corrected chi connectivity index (χ0v) is 11.4. The van der Waals surface area contributed by atoms with Gasteiger partial charge in [0.15, 0.2) is 0 Å². The van der Waals surface area contributed by atoms with E-state index in [9.17, 15) is 4.79 Å². The van der Waals surface area contributed by atoms with Crippen molar-refractivity contribution in [2.24, 2.45) is 28.9 Å². The lowest BCUT2D eigenvalue weighted by Crippen LogP contribution is -2.49.